The van der Waals surface area contributed by atoms with Crippen LogP contribution in [-0.4, -0.2) is 24.9 Å². The first-order chi connectivity index (χ1) is 12.7. The van der Waals surface area contributed by atoms with E-state index in [1.54, 1.807) is 6.07 Å². The van der Waals surface area contributed by atoms with E-state index in [9.17, 15) is 27.2 Å². The van der Waals surface area contributed by atoms with Crippen LogP contribution in [0.2, 0.25) is 0 Å². The molecular weight excluding hydrogens is 364 g/mol. The Hall–Kier alpha value is -2.90. The highest BCUT2D eigenvalue weighted by Gasteiger charge is 2.35. The van der Waals surface area contributed by atoms with E-state index in [1.807, 2.05) is 0 Å². The van der Waals surface area contributed by atoms with Crippen LogP contribution in [0.3, 0.4) is 0 Å². The van der Waals surface area contributed by atoms with E-state index in [1.165, 1.54) is 36.4 Å². The highest BCUT2D eigenvalue weighted by atomic mass is 19.4. The second-order valence-corrected chi connectivity index (χ2v) is 5.80. The molecule has 1 N–H and O–H groups in total. The third kappa shape index (κ3) is 5.54. The van der Waals surface area contributed by atoms with Gasteiger partial charge in [-0.25, -0.2) is 4.39 Å². The standard InChI is InChI=1S/C19H18F4N2O2/c1-13(26)25(17-9-5-3-7-15(17)19(21,22)23)11-10-24-18(27)12-14-6-2-4-8-16(14)20/h2-9H,10-12H2,1H3,(H,24,27). The quantitative estimate of drug-likeness (QED) is 0.777. The molecule has 8 heteroatoms. The molecule has 2 aromatic carbocycles. The fourth-order valence-corrected chi connectivity index (χ4v) is 2.58. The first-order valence-corrected chi connectivity index (χ1v) is 8.14. The molecule has 0 saturated carbocycles. The summed E-state index contributed by atoms with van der Waals surface area (Å²) < 4.78 is 53.0. The van der Waals surface area contributed by atoms with Crippen molar-refractivity contribution in [2.75, 3.05) is 18.0 Å². The number of hydrogen-bond acceptors (Lipinski definition) is 2. The predicted octanol–water partition coefficient (Wildman–Crippen LogP) is 3.56. The molecule has 0 saturated heterocycles. The van der Waals surface area contributed by atoms with E-state index in [0.29, 0.717) is 0 Å². The van der Waals surface area contributed by atoms with Crippen LogP contribution < -0.4 is 10.2 Å². The average molecular weight is 382 g/mol. The zero-order valence-electron chi connectivity index (χ0n) is 14.5. The molecular formula is C19H18F4N2O2. The third-order valence-corrected chi connectivity index (χ3v) is 3.85. The van der Waals surface area contributed by atoms with Crippen molar-refractivity contribution in [1.29, 1.82) is 0 Å². The van der Waals surface area contributed by atoms with Crippen LogP contribution in [0.1, 0.15) is 18.1 Å². The first-order valence-electron chi connectivity index (χ1n) is 8.14. The Kier molecular flexibility index (Phi) is 6.55. The molecule has 27 heavy (non-hydrogen) atoms. The molecule has 2 aromatic rings. The fraction of sp³-hybridized carbons (Fsp3) is 0.263. The van der Waals surface area contributed by atoms with E-state index < -0.39 is 29.4 Å². The molecule has 0 fully saturated rings. The number of para-hydroxylation sites is 1. The number of amides is 2. The number of anilines is 1. The second kappa shape index (κ2) is 8.66. The molecule has 0 atom stereocenters. The fourth-order valence-electron chi connectivity index (χ4n) is 2.58. The Morgan fingerprint density at radius 3 is 2.30 bits per heavy atom. The van der Waals surface area contributed by atoms with Gasteiger partial charge in [-0.2, -0.15) is 13.2 Å². The minimum absolute atomic E-state index is 0.0704. The summed E-state index contributed by atoms with van der Waals surface area (Å²) in [6, 6.07) is 10.5. The van der Waals surface area contributed by atoms with Crippen molar-refractivity contribution in [1.82, 2.24) is 5.32 Å². The van der Waals surface area contributed by atoms with Gasteiger partial charge in [0.2, 0.25) is 11.8 Å². The topological polar surface area (TPSA) is 49.4 Å². The van der Waals surface area contributed by atoms with Crippen LogP contribution >= 0.6 is 0 Å². The third-order valence-electron chi connectivity index (χ3n) is 3.85. The Morgan fingerprint density at radius 2 is 1.67 bits per heavy atom. The van der Waals surface area contributed by atoms with E-state index in [2.05, 4.69) is 5.32 Å². The minimum atomic E-state index is -4.61. The molecule has 0 radical (unpaired) electrons. The lowest BCUT2D eigenvalue weighted by Gasteiger charge is -2.25. The van der Waals surface area contributed by atoms with Gasteiger partial charge in [0, 0.05) is 20.0 Å². The highest BCUT2D eigenvalue weighted by molar-refractivity contribution is 5.92. The predicted molar refractivity (Wildman–Crippen MR) is 92.6 cm³/mol. The van der Waals surface area contributed by atoms with Crippen molar-refractivity contribution in [2.24, 2.45) is 0 Å². The minimum Gasteiger partial charge on any atom is -0.354 e. The smallest absolute Gasteiger partial charge is 0.354 e. The monoisotopic (exact) mass is 382 g/mol. The second-order valence-electron chi connectivity index (χ2n) is 5.80. The molecule has 144 valence electrons. The van der Waals surface area contributed by atoms with Crippen LogP contribution in [-0.2, 0) is 22.2 Å². The molecule has 0 spiro atoms. The molecule has 2 amide bonds. The number of halogens is 4. The van der Waals surface area contributed by atoms with Crippen molar-refractivity contribution < 1.29 is 27.2 Å². The number of nitrogens with one attached hydrogen (secondary N) is 1. The maximum Gasteiger partial charge on any atom is 0.418 e. The molecule has 0 heterocycles. The van der Waals surface area contributed by atoms with Gasteiger partial charge in [-0.1, -0.05) is 30.3 Å². The van der Waals surface area contributed by atoms with Gasteiger partial charge in [0.05, 0.1) is 17.7 Å². The van der Waals surface area contributed by atoms with Crippen LogP contribution in [0.5, 0.6) is 0 Å². The molecule has 4 nitrogen and oxygen atoms in total. The van der Waals surface area contributed by atoms with Gasteiger partial charge in [-0.15, -0.1) is 0 Å². The van der Waals surface area contributed by atoms with Crippen molar-refractivity contribution in [3.63, 3.8) is 0 Å². The molecule has 0 unspecified atom stereocenters. The van der Waals surface area contributed by atoms with Gasteiger partial charge in [-0.05, 0) is 23.8 Å². The van der Waals surface area contributed by atoms with E-state index >= 15 is 0 Å². The van der Waals surface area contributed by atoms with Gasteiger partial charge < -0.3 is 10.2 Å². The van der Waals surface area contributed by atoms with Gasteiger partial charge in [0.1, 0.15) is 5.82 Å². The van der Waals surface area contributed by atoms with E-state index in [4.69, 9.17) is 0 Å². The van der Waals surface area contributed by atoms with Crippen LogP contribution in [0, 0.1) is 5.82 Å². The summed E-state index contributed by atoms with van der Waals surface area (Å²) in [7, 11) is 0. The van der Waals surface area contributed by atoms with Crippen molar-refractivity contribution in [3.8, 4) is 0 Å². The SMILES string of the molecule is CC(=O)N(CCNC(=O)Cc1ccccc1F)c1ccccc1C(F)(F)F. The van der Waals surface area contributed by atoms with Crippen molar-refractivity contribution in [2.45, 2.75) is 19.5 Å². The summed E-state index contributed by atoms with van der Waals surface area (Å²) in [5.41, 5.74) is -1.00. The Labute approximate surface area is 153 Å². The maximum absolute atomic E-state index is 13.5. The molecule has 0 bridgehead atoms. The Balaban J connectivity index is 2.03. The van der Waals surface area contributed by atoms with E-state index in [-0.39, 0.29) is 30.8 Å². The van der Waals surface area contributed by atoms with Crippen molar-refractivity contribution >= 4 is 17.5 Å². The van der Waals surface area contributed by atoms with Gasteiger partial charge in [0.15, 0.2) is 0 Å². The summed E-state index contributed by atoms with van der Waals surface area (Å²) >= 11 is 0. The maximum atomic E-state index is 13.5. The number of hydrogen-bond donors (Lipinski definition) is 1. The molecule has 0 aromatic heterocycles. The lowest BCUT2D eigenvalue weighted by atomic mass is 10.1. The Bertz CT molecular complexity index is 821. The van der Waals surface area contributed by atoms with Crippen LogP contribution in [0.15, 0.2) is 48.5 Å². The summed E-state index contributed by atoms with van der Waals surface area (Å²) in [5, 5.41) is 2.49. The lowest BCUT2D eigenvalue weighted by molar-refractivity contribution is -0.137. The zero-order chi connectivity index (χ0) is 20.0. The number of carbonyl (C=O) groups is 2. The van der Waals surface area contributed by atoms with Crippen LogP contribution in [0.4, 0.5) is 23.2 Å². The molecule has 0 aliphatic rings. The number of benzene rings is 2. The normalized spacial score (nSPS) is 11.1. The summed E-state index contributed by atoms with van der Waals surface area (Å²) in [6.07, 6.45) is -4.82. The molecule has 0 aliphatic carbocycles. The van der Waals surface area contributed by atoms with Crippen molar-refractivity contribution in [3.05, 3.63) is 65.5 Å². The molecule has 0 aliphatic heterocycles. The van der Waals surface area contributed by atoms with Gasteiger partial charge >= 0.3 is 6.18 Å². The summed E-state index contributed by atoms with van der Waals surface area (Å²) in [5.74, 6) is -1.60. The van der Waals surface area contributed by atoms with Gasteiger partial charge in [0.25, 0.3) is 0 Å². The van der Waals surface area contributed by atoms with Crippen LogP contribution in [0.25, 0.3) is 0 Å². The average Bonchev–Trinajstić information content (AvgIpc) is 2.60. The number of nitrogens with zero attached hydrogens (tertiary/aromatic N) is 1. The summed E-state index contributed by atoms with van der Waals surface area (Å²) in [4.78, 5) is 24.7. The number of carbonyl (C=O) groups excluding carboxylic acids is 2. The number of alkyl halides is 3. The lowest BCUT2D eigenvalue weighted by Crippen LogP contribution is -2.39. The number of rotatable bonds is 6. The summed E-state index contributed by atoms with van der Waals surface area (Å²) in [6.45, 7) is 0.929. The highest BCUT2D eigenvalue weighted by Crippen LogP contribution is 2.36. The van der Waals surface area contributed by atoms with Gasteiger partial charge in [-0.3, -0.25) is 9.59 Å². The zero-order valence-corrected chi connectivity index (χ0v) is 14.5. The largest absolute Gasteiger partial charge is 0.418 e. The first kappa shape index (κ1) is 20.4. The van der Waals surface area contributed by atoms with E-state index in [0.717, 1.165) is 17.9 Å². The Morgan fingerprint density at radius 1 is 1.04 bits per heavy atom. The molecule has 2 rings (SSSR count).